The van der Waals surface area contributed by atoms with Crippen LogP contribution in [0.2, 0.25) is 5.02 Å². The summed E-state index contributed by atoms with van der Waals surface area (Å²) < 4.78 is 13.7. The lowest BCUT2D eigenvalue weighted by atomic mass is 10.00. The number of fused-ring (bicyclic) bond motifs is 1. The van der Waals surface area contributed by atoms with Gasteiger partial charge in [0, 0.05) is 16.3 Å². The molecule has 0 bridgehead atoms. The van der Waals surface area contributed by atoms with Crippen LogP contribution in [0.4, 0.5) is 10.1 Å². The maximum absolute atomic E-state index is 13.7. The molecule has 2 aromatic carbocycles. The molecule has 0 unspecified atom stereocenters. The first-order valence-corrected chi connectivity index (χ1v) is 6.35. The Bertz CT molecular complexity index is 743. The van der Waals surface area contributed by atoms with E-state index < -0.39 is 11.6 Å². The first-order valence-electron chi connectivity index (χ1n) is 5.97. The molecule has 100 valence electrons. The molecule has 1 aliphatic rings. The van der Waals surface area contributed by atoms with Crippen molar-refractivity contribution in [1.82, 2.24) is 0 Å². The molecule has 1 heterocycles. The van der Waals surface area contributed by atoms with Crippen LogP contribution in [0, 0.1) is 5.82 Å². The predicted octanol–water partition coefficient (Wildman–Crippen LogP) is 3.20. The lowest BCUT2D eigenvalue weighted by Crippen LogP contribution is -2.04. The second-order valence-electron chi connectivity index (χ2n) is 4.55. The number of amides is 1. The van der Waals surface area contributed by atoms with Gasteiger partial charge < -0.3 is 5.32 Å². The molecule has 0 aromatic heterocycles. The minimum Gasteiger partial charge on any atom is -0.326 e. The van der Waals surface area contributed by atoms with Crippen molar-refractivity contribution >= 4 is 29.0 Å². The van der Waals surface area contributed by atoms with Crippen LogP contribution in [0.3, 0.4) is 0 Å². The summed E-state index contributed by atoms with van der Waals surface area (Å²) in [5, 5.41) is 2.98. The van der Waals surface area contributed by atoms with E-state index in [1.165, 1.54) is 12.1 Å². The van der Waals surface area contributed by atoms with Gasteiger partial charge >= 0.3 is 0 Å². The third kappa shape index (κ3) is 2.18. The molecule has 5 heteroatoms. The van der Waals surface area contributed by atoms with E-state index in [-0.39, 0.29) is 17.9 Å². The van der Waals surface area contributed by atoms with Crippen LogP contribution < -0.4 is 5.32 Å². The van der Waals surface area contributed by atoms with Gasteiger partial charge in [-0.15, -0.1) is 0 Å². The minimum atomic E-state index is -0.617. The molecular weight excluding hydrogens is 281 g/mol. The van der Waals surface area contributed by atoms with Gasteiger partial charge in [0.1, 0.15) is 5.82 Å². The number of carbonyl (C=O) groups excluding carboxylic acids is 2. The highest BCUT2D eigenvalue weighted by atomic mass is 35.5. The van der Waals surface area contributed by atoms with Crippen molar-refractivity contribution in [1.29, 1.82) is 0 Å². The third-order valence-electron chi connectivity index (χ3n) is 3.17. The van der Waals surface area contributed by atoms with E-state index in [9.17, 15) is 14.0 Å². The molecular formula is C15H9ClFNO2. The molecule has 0 fully saturated rings. The molecule has 2 aromatic rings. The van der Waals surface area contributed by atoms with Gasteiger partial charge in [0.25, 0.3) is 0 Å². The van der Waals surface area contributed by atoms with E-state index in [1.807, 2.05) is 0 Å². The monoisotopic (exact) mass is 289 g/mol. The van der Waals surface area contributed by atoms with Crippen LogP contribution in [0.5, 0.6) is 0 Å². The average Bonchev–Trinajstić information content (AvgIpc) is 2.79. The zero-order valence-electron chi connectivity index (χ0n) is 10.2. The van der Waals surface area contributed by atoms with Crippen LogP contribution in [0.1, 0.15) is 21.5 Å². The fourth-order valence-electron chi connectivity index (χ4n) is 2.20. The van der Waals surface area contributed by atoms with Gasteiger partial charge in [-0.2, -0.15) is 0 Å². The summed E-state index contributed by atoms with van der Waals surface area (Å²) >= 11 is 5.79. The largest absolute Gasteiger partial charge is 0.326 e. The van der Waals surface area contributed by atoms with E-state index in [0.29, 0.717) is 16.3 Å². The van der Waals surface area contributed by atoms with E-state index in [4.69, 9.17) is 11.6 Å². The molecule has 1 aliphatic heterocycles. The molecule has 20 heavy (non-hydrogen) atoms. The Morgan fingerprint density at radius 2 is 2.00 bits per heavy atom. The van der Waals surface area contributed by atoms with Gasteiger partial charge in [-0.3, -0.25) is 9.59 Å². The van der Waals surface area contributed by atoms with E-state index in [1.54, 1.807) is 18.2 Å². The summed E-state index contributed by atoms with van der Waals surface area (Å²) in [5.41, 5.74) is 1.69. The summed E-state index contributed by atoms with van der Waals surface area (Å²) in [7, 11) is 0. The highest BCUT2D eigenvalue weighted by molar-refractivity contribution is 6.31. The Labute approximate surface area is 119 Å². The number of benzene rings is 2. The summed E-state index contributed by atoms with van der Waals surface area (Å²) in [6, 6.07) is 8.67. The molecule has 3 rings (SSSR count). The number of anilines is 1. The Balaban J connectivity index is 2.01. The second-order valence-corrected chi connectivity index (χ2v) is 4.99. The molecule has 0 radical (unpaired) electrons. The van der Waals surface area contributed by atoms with Crippen molar-refractivity contribution in [3.63, 3.8) is 0 Å². The lowest BCUT2D eigenvalue weighted by molar-refractivity contribution is -0.115. The molecule has 0 aliphatic carbocycles. The Morgan fingerprint density at radius 1 is 1.20 bits per heavy atom. The number of halogens is 2. The molecule has 0 saturated heterocycles. The molecule has 1 N–H and O–H groups in total. The zero-order valence-corrected chi connectivity index (χ0v) is 11.0. The summed E-state index contributed by atoms with van der Waals surface area (Å²) in [5.74, 6) is -1.18. The smallest absolute Gasteiger partial charge is 0.228 e. The van der Waals surface area contributed by atoms with Crippen LogP contribution in [0.15, 0.2) is 36.4 Å². The number of hydrogen-bond donors (Lipinski definition) is 1. The first-order chi connectivity index (χ1) is 9.54. The quantitative estimate of drug-likeness (QED) is 0.863. The number of ketones is 1. The second kappa shape index (κ2) is 4.72. The summed E-state index contributed by atoms with van der Waals surface area (Å²) in [6.45, 7) is 0. The van der Waals surface area contributed by atoms with Crippen molar-refractivity contribution in [2.45, 2.75) is 6.42 Å². The maximum atomic E-state index is 13.7. The normalized spacial score (nSPS) is 13.0. The molecule has 0 atom stereocenters. The highest BCUT2D eigenvalue weighted by Crippen LogP contribution is 2.26. The van der Waals surface area contributed by atoms with E-state index in [2.05, 4.69) is 5.32 Å². The van der Waals surface area contributed by atoms with Gasteiger partial charge in [0.2, 0.25) is 5.91 Å². The summed E-state index contributed by atoms with van der Waals surface area (Å²) in [4.78, 5) is 23.6. The molecule has 3 nitrogen and oxygen atoms in total. The fraction of sp³-hybridized carbons (Fsp3) is 0.0667. The van der Waals surface area contributed by atoms with Crippen LogP contribution in [-0.4, -0.2) is 11.7 Å². The minimum absolute atomic E-state index is 0.0743. The van der Waals surface area contributed by atoms with Crippen LogP contribution >= 0.6 is 11.6 Å². The zero-order chi connectivity index (χ0) is 14.3. The van der Waals surface area contributed by atoms with Gasteiger partial charge in [0.15, 0.2) is 5.78 Å². The number of carbonyl (C=O) groups is 2. The highest BCUT2D eigenvalue weighted by Gasteiger charge is 2.21. The Kier molecular flexibility index (Phi) is 3.03. The maximum Gasteiger partial charge on any atom is 0.228 e. The van der Waals surface area contributed by atoms with Crippen molar-refractivity contribution in [2.75, 3.05) is 5.32 Å². The number of hydrogen-bond acceptors (Lipinski definition) is 2. The molecule has 1 amide bonds. The standard InChI is InChI=1S/C15H9ClFNO2/c16-10-2-3-12(17)11(7-10)15(20)8-1-4-13-9(5-8)6-14(19)18-13/h1-5,7H,6H2,(H,18,19). The first kappa shape index (κ1) is 12.8. The topological polar surface area (TPSA) is 46.2 Å². The van der Waals surface area contributed by atoms with E-state index >= 15 is 0 Å². The summed E-state index contributed by atoms with van der Waals surface area (Å²) in [6.07, 6.45) is 0.231. The number of rotatable bonds is 2. The Hall–Kier alpha value is -2.20. The van der Waals surface area contributed by atoms with Gasteiger partial charge in [-0.1, -0.05) is 11.6 Å². The fourth-order valence-corrected chi connectivity index (χ4v) is 2.37. The van der Waals surface area contributed by atoms with Crippen LogP contribution in [0.25, 0.3) is 0 Å². The van der Waals surface area contributed by atoms with E-state index in [0.717, 1.165) is 11.6 Å². The SMILES string of the molecule is O=C1Cc2cc(C(=O)c3cc(Cl)ccc3F)ccc2N1. The van der Waals surface area contributed by atoms with Crippen molar-refractivity contribution in [2.24, 2.45) is 0 Å². The average molecular weight is 290 g/mol. The predicted molar refractivity (Wildman–Crippen MR) is 73.6 cm³/mol. The van der Waals surface area contributed by atoms with Gasteiger partial charge in [0.05, 0.1) is 12.0 Å². The molecule has 0 spiro atoms. The Morgan fingerprint density at radius 3 is 2.80 bits per heavy atom. The lowest BCUT2D eigenvalue weighted by Gasteiger charge is -2.05. The van der Waals surface area contributed by atoms with Crippen LogP contribution in [-0.2, 0) is 11.2 Å². The van der Waals surface area contributed by atoms with Gasteiger partial charge in [-0.25, -0.2) is 4.39 Å². The van der Waals surface area contributed by atoms with Crippen molar-refractivity contribution in [3.05, 3.63) is 63.9 Å². The van der Waals surface area contributed by atoms with Gasteiger partial charge in [-0.05, 0) is 42.0 Å². The van der Waals surface area contributed by atoms with Crippen molar-refractivity contribution < 1.29 is 14.0 Å². The number of nitrogens with one attached hydrogen (secondary N) is 1. The molecule has 0 saturated carbocycles. The van der Waals surface area contributed by atoms with Crippen molar-refractivity contribution in [3.8, 4) is 0 Å². The third-order valence-corrected chi connectivity index (χ3v) is 3.40.